The Bertz CT molecular complexity index is 341. The number of carbonyl (C=O) groups excluding carboxylic acids is 1. The van der Waals surface area contributed by atoms with Crippen LogP contribution in [0.2, 0.25) is 5.02 Å². The van der Waals surface area contributed by atoms with Crippen LogP contribution in [0.3, 0.4) is 0 Å². The molecule has 0 N–H and O–H groups in total. The van der Waals surface area contributed by atoms with Crippen molar-refractivity contribution in [3.05, 3.63) is 29.3 Å². The van der Waals surface area contributed by atoms with Crippen LogP contribution in [-0.2, 0) is 9.53 Å². The Balaban J connectivity index is 2.55. The van der Waals surface area contributed by atoms with Gasteiger partial charge in [-0.2, -0.15) is 0 Å². The number of hydrogen-bond acceptors (Lipinski definition) is 3. The van der Waals surface area contributed by atoms with Crippen molar-refractivity contribution in [2.45, 2.75) is 23.5 Å². The SMILES string of the molecule is COC(=O)CC(C)Sc1ccccc1Cl. The predicted octanol–water partition coefficient (Wildman–Crippen LogP) is 3.38. The first-order valence-corrected chi connectivity index (χ1v) is 5.87. The van der Waals surface area contributed by atoms with E-state index in [-0.39, 0.29) is 11.2 Å². The van der Waals surface area contributed by atoms with Crippen LogP contribution in [0.1, 0.15) is 13.3 Å². The van der Waals surface area contributed by atoms with Gasteiger partial charge in [-0.15, -0.1) is 11.8 Å². The molecule has 0 aromatic heterocycles. The zero-order valence-corrected chi connectivity index (χ0v) is 10.3. The quantitative estimate of drug-likeness (QED) is 0.600. The van der Waals surface area contributed by atoms with E-state index in [0.29, 0.717) is 6.42 Å². The van der Waals surface area contributed by atoms with Gasteiger partial charge in [0.25, 0.3) is 0 Å². The van der Waals surface area contributed by atoms with Gasteiger partial charge in [-0.1, -0.05) is 30.7 Å². The van der Waals surface area contributed by atoms with Crippen molar-refractivity contribution in [1.82, 2.24) is 0 Å². The molecule has 0 fully saturated rings. The fraction of sp³-hybridized carbons (Fsp3) is 0.364. The minimum Gasteiger partial charge on any atom is -0.469 e. The molecule has 0 bridgehead atoms. The molecule has 0 spiro atoms. The van der Waals surface area contributed by atoms with Crippen LogP contribution in [0.4, 0.5) is 0 Å². The molecule has 15 heavy (non-hydrogen) atoms. The number of benzene rings is 1. The molecular weight excluding hydrogens is 232 g/mol. The number of carbonyl (C=O) groups is 1. The van der Waals surface area contributed by atoms with Crippen molar-refractivity contribution in [3.63, 3.8) is 0 Å². The Morgan fingerprint density at radius 1 is 1.53 bits per heavy atom. The zero-order chi connectivity index (χ0) is 11.3. The van der Waals surface area contributed by atoms with Gasteiger partial charge in [0.2, 0.25) is 0 Å². The second-order valence-electron chi connectivity index (χ2n) is 3.14. The summed E-state index contributed by atoms with van der Waals surface area (Å²) in [6, 6.07) is 7.60. The van der Waals surface area contributed by atoms with Crippen LogP contribution in [-0.4, -0.2) is 18.3 Å². The third-order valence-electron chi connectivity index (χ3n) is 1.85. The second-order valence-corrected chi connectivity index (χ2v) is 5.03. The maximum atomic E-state index is 11.0. The molecule has 0 amide bonds. The smallest absolute Gasteiger partial charge is 0.306 e. The van der Waals surface area contributed by atoms with Gasteiger partial charge in [-0.25, -0.2) is 0 Å². The van der Waals surface area contributed by atoms with Gasteiger partial charge in [0.1, 0.15) is 0 Å². The van der Waals surface area contributed by atoms with Crippen LogP contribution < -0.4 is 0 Å². The van der Waals surface area contributed by atoms with E-state index in [9.17, 15) is 4.79 Å². The zero-order valence-electron chi connectivity index (χ0n) is 8.70. The van der Waals surface area contributed by atoms with Crippen molar-refractivity contribution < 1.29 is 9.53 Å². The Morgan fingerprint density at radius 2 is 2.20 bits per heavy atom. The molecule has 82 valence electrons. The van der Waals surface area contributed by atoms with Crippen LogP contribution >= 0.6 is 23.4 Å². The first-order chi connectivity index (χ1) is 7.13. The number of esters is 1. The summed E-state index contributed by atoms with van der Waals surface area (Å²) in [6.45, 7) is 1.98. The van der Waals surface area contributed by atoms with Gasteiger partial charge >= 0.3 is 5.97 Å². The molecule has 0 aliphatic heterocycles. The highest BCUT2D eigenvalue weighted by atomic mass is 35.5. The lowest BCUT2D eigenvalue weighted by Gasteiger charge is -2.10. The number of rotatable bonds is 4. The van der Waals surface area contributed by atoms with E-state index in [4.69, 9.17) is 11.6 Å². The van der Waals surface area contributed by atoms with Gasteiger partial charge in [0.15, 0.2) is 0 Å². The number of halogens is 1. The molecule has 0 radical (unpaired) electrons. The van der Waals surface area contributed by atoms with Gasteiger partial charge in [0, 0.05) is 10.1 Å². The summed E-state index contributed by atoms with van der Waals surface area (Å²) in [6.07, 6.45) is 0.395. The minimum absolute atomic E-state index is 0.164. The van der Waals surface area contributed by atoms with E-state index >= 15 is 0 Å². The average Bonchev–Trinajstić information content (AvgIpc) is 2.21. The third-order valence-corrected chi connectivity index (χ3v) is 3.47. The largest absolute Gasteiger partial charge is 0.469 e. The Morgan fingerprint density at radius 3 is 2.80 bits per heavy atom. The lowest BCUT2D eigenvalue weighted by Crippen LogP contribution is -2.08. The normalized spacial score (nSPS) is 12.2. The predicted molar refractivity (Wildman–Crippen MR) is 63.4 cm³/mol. The van der Waals surface area contributed by atoms with Crippen molar-refractivity contribution in [2.75, 3.05) is 7.11 Å². The van der Waals surface area contributed by atoms with E-state index < -0.39 is 0 Å². The van der Waals surface area contributed by atoms with E-state index in [1.165, 1.54) is 7.11 Å². The molecule has 4 heteroatoms. The van der Waals surface area contributed by atoms with Gasteiger partial charge in [-0.3, -0.25) is 4.79 Å². The average molecular weight is 245 g/mol. The molecule has 1 unspecified atom stereocenters. The number of thioether (sulfide) groups is 1. The maximum Gasteiger partial charge on any atom is 0.306 e. The lowest BCUT2D eigenvalue weighted by atomic mass is 10.3. The van der Waals surface area contributed by atoms with Crippen LogP contribution in [0.5, 0.6) is 0 Å². The highest BCUT2D eigenvalue weighted by molar-refractivity contribution is 8.00. The highest BCUT2D eigenvalue weighted by Gasteiger charge is 2.11. The van der Waals surface area contributed by atoms with Crippen LogP contribution in [0, 0.1) is 0 Å². The summed E-state index contributed by atoms with van der Waals surface area (Å²) < 4.78 is 4.60. The molecule has 1 rings (SSSR count). The number of ether oxygens (including phenoxy) is 1. The fourth-order valence-corrected chi connectivity index (χ4v) is 2.38. The van der Waals surface area contributed by atoms with Gasteiger partial charge in [0.05, 0.1) is 18.6 Å². The second kappa shape index (κ2) is 6.03. The van der Waals surface area contributed by atoms with E-state index in [1.54, 1.807) is 11.8 Å². The first-order valence-electron chi connectivity index (χ1n) is 4.61. The molecule has 1 atom stereocenters. The Labute approximate surface area is 99.0 Å². The summed E-state index contributed by atoms with van der Waals surface area (Å²) >= 11 is 7.58. The molecule has 0 saturated carbocycles. The molecule has 0 aliphatic rings. The summed E-state index contributed by atoms with van der Waals surface area (Å²) in [5.74, 6) is -0.193. The van der Waals surface area contributed by atoms with Crippen molar-refractivity contribution >= 4 is 29.3 Å². The maximum absolute atomic E-state index is 11.0. The summed E-state index contributed by atoms with van der Waals surface area (Å²) in [5.41, 5.74) is 0. The van der Waals surface area contributed by atoms with Gasteiger partial charge in [-0.05, 0) is 12.1 Å². The van der Waals surface area contributed by atoms with Crippen molar-refractivity contribution in [2.24, 2.45) is 0 Å². The molecule has 0 saturated heterocycles. The van der Waals surface area contributed by atoms with E-state index in [0.717, 1.165) is 9.92 Å². The summed E-state index contributed by atoms with van der Waals surface area (Å²) in [5, 5.41) is 0.886. The molecular formula is C11H13ClO2S. The monoisotopic (exact) mass is 244 g/mol. The molecule has 1 aromatic carbocycles. The minimum atomic E-state index is -0.193. The van der Waals surface area contributed by atoms with E-state index in [2.05, 4.69) is 4.74 Å². The molecule has 0 aliphatic carbocycles. The number of methoxy groups -OCH3 is 1. The Kier molecular flexibility index (Phi) is 4.99. The van der Waals surface area contributed by atoms with Crippen molar-refractivity contribution in [1.29, 1.82) is 0 Å². The van der Waals surface area contributed by atoms with Crippen molar-refractivity contribution in [3.8, 4) is 0 Å². The summed E-state index contributed by atoms with van der Waals surface area (Å²) in [4.78, 5) is 12.0. The standard InChI is InChI=1S/C11H13ClO2S/c1-8(7-11(13)14-2)15-10-6-4-3-5-9(10)12/h3-6,8H,7H2,1-2H3. The molecule has 0 heterocycles. The molecule has 1 aromatic rings. The van der Waals surface area contributed by atoms with E-state index in [1.807, 2.05) is 31.2 Å². The highest BCUT2D eigenvalue weighted by Crippen LogP contribution is 2.31. The fourth-order valence-electron chi connectivity index (χ4n) is 1.12. The van der Waals surface area contributed by atoms with Crippen LogP contribution in [0.15, 0.2) is 29.2 Å². The molecule has 2 nitrogen and oxygen atoms in total. The number of hydrogen-bond donors (Lipinski definition) is 0. The Hall–Kier alpha value is -0.670. The topological polar surface area (TPSA) is 26.3 Å². The first kappa shape index (κ1) is 12.4. The van der Waals surface area contributed by atoms with Crippen LogP contribution in [0.25, 0.3) is 0 Å². The lowest BCUT2D eigenvalue weighted by molar-refractivity contribution is -0.140. The summed E-state index contributed by atoms with van der Waals surface area (Å²) in [7, 11) is 1.40. The van der Waals surface area contributed by atoms with Gasteiger partial charge < -0.3 is 4.74 Å². The third kappa shape index (κ3) is 4.14.